The van der Waals surface area contributed by atoms with Crippen molar-refractivity contribution >= 4 is 0 Å². The molecule has 19 heavy (non-hydrogen) atoms. The monoisotopic (exact) mass is 261 g/mol. The SMILES string of the molecule is COc1ccccc1CN(C)[C@@H](C)c1nc(C)no1. The van der Waals surface area contributed by atoms with Crippen molar-refractivity contribution in [3.05, 3.63) is 41.5 Å². The van der Waals surface area contributed by atoms with Crippen LogP contribution in [-0.4, -0.2) is 29.2 Å². The molecule has 0 spiro atoms. The lowest BCUT2D eigenvalue weighted by Gasteiger charge is -2.22. The summed E-state index contributed by atoms with van der Waals surface area (Å²) < 4.78 is 10.6. The number of hydrogen-bond donors (Lipinski definition) is 0. The van der Waals surface area contributed by atoms with Crippen molar-refractivity contribution in [2.45, 2.75) is 26.4 Å². The van der Waals surface area contributed by atoms with Gasteiger partial charge in [-0.25, -0.2) is 0 Å². The molecular formula is C14H19N3O2. The fourth-order valence-electron chi connectivity index (χ4n) is 1.91. The number of para-hydroxylation sites is 1. The third-order valence-corrected chi connectivity index (χ3v) is 3.17. The summed E-state index contributed by atoms with van der Waals surface area (Å²) in [5, 5.41) is 3.82. The Kier molecular flexibility index (Phi) is 4.16. The Bertz CT molecular complexity index is 539. The highest BCUT2D eigenvalue weighted by molar-refractivity contribution is 5.33. The van der Waals surface area contributed by atoms with Crippen LogP contribution in [-0.2, 0) is 6.54 Å². The molecule has 2 rings (SSSR count). The van der Waals surface area contributed by atoms with E-state index in [-0.39, 0.29) is 6.04 Å². The number of aromatic nitrogens is 2. The Labute approximate surface area is 113 Å². The maximum Gasteiger partial charge on any atom is 0.243 e. The summed E-state index contributed by atoms with van der Waals surface area (Å²) in [6.07, 6.45) is 0. The van der Waals surface area contributed by atoms with Crippen molar-refractivity contribution in [1.82, 2.24) is 15.0 Å². The summed E-state index contributed by atoms with van der Waals surface area (Å²) in [6, 6.07) is 8.05. The lowest BCUT2D eigenvalue weighted by atomic mass is 10.1. The van der Waals surface area contributed by atoms with Gasteiger partial charge in [0.05, 0.1) is 13.2 Å². The molecule has 1 aromatic carbocycles. The average Bonchev–Trinajstić information content (AvgIpc) is 2.85. The van der Waals surface area contributed by atoms with Gasteiger partial charge >= 0.3 is 0 Å². The lowest BCUT2D eigenvalue weighted by Crippen LogP contribution is -2.22. The fraction of sp³-hybridized carbons (Fsp3) is 0.429. The van der Waals surface area contributed by atoms with Gasteiger partial charge in [0.2, 0.25) is 5.89 Å². The minimum atomic E-state index is 0.0612. The fourth-order valence-corrected chi connectivity index (χ4v) is 1.91. The summed E-state index contributed by atoms with van der Waals surface area (Å²) in [4.78, 5) is 6.41. The third kappa shape index (κ3) is 3.12. The van der Waals surface area contributed by atoms with Crippen LogP contribution in [0.1, 0.15) is 30.2 Å². The quantitative estimate of drug-likeness (QED) is 0.828. The van der Waals surface area contributed by atoms with E-state index in [0.29, 0.717) is 11.7 Å². The first kappa shape index (κ1) is 13.5. The molecule has 5 heteroatoms. The van der Waals surface area contributed by atoms with Crippen molar-refractivity contribution in [1.29, 1.82) is 0 Å². The first-order valence-corrected chi connectivity index (χ1v) is 6.24. The van der Waals surface area contributed by atoms with E-state index in [4.69, 9.17) is 9.26 Å². The molecule has 1 aromatic heterocycles. The van der Waals surface area contributed by atoms with Crippen LogP contribution in [0.3, 0.4) is 0 Å². The van der Waals surface area contributed by atoms with Gasteiger partial charge in [-0.3, -0.25) is 4.90 Å². The number of hydrogen-bond acceptors (Lipinski definition) is 5. The average molecular weight is 261 g/mol. The molecule has 0 unspecified atom stereocenters. The van der Waals surface area contributed by atoms with E-state index >= 15 is 0 Å². The van der Waals surface area contributed by atoms with Gasteiger partial charge in [-0.2, -0.15) is 4.98 Å². The predicted molar refractivity (Wildman–Crippen MR) is 71.9 cm³/mol. The largest absolute Gasteiger partial charge is 0.496 e. The zero-order chi connectivity index (χ0) is 13.8. The van der Waals surface area contributed by atoms with Crippen molar-refractivity contribution in [3.8, 4) is 5.75 Å². The van der Waals surface area contributed by atoms with Crippen molar-refractivity contribution < 1.29 is 9.26 Å². The molecule has 102 valence electrons. The van der Waals surface area contributed by atoms with Gasteiger partial charge in [0.1, 0.15) is 5.75 Å². The van der Waals surface area contributed by atoms with E-state index in [1.807, 2.05) is 39.1 Å². The zero-order valence-electron chi connectivity index (χ0n) is 11.8. The smallest absolute Gasteiger partial charge is 0.243 e. The van der Waals surface area contributed by atoms with Crippen LogP contribution >= 0.6 is 0 Å². The van der Waals surface area contributed by atoms with Crippen molar-refractivity contribution in [3.63, 3.8) is 0 Å². The predicted octanol–water partition coefficient (Wildman–Crippen LogP) is 2.58. The van der Waals surface area contributed by atoms with Crippen molar-refractivity contribution in [2.75, 3.05) is 14.2 Å². The molecule has 2 aromatic rings. The maximum absolute atomic E-state index is 5.36. The van der Waals surface area contributed by atoms with Crippen LogP contribution in [0.25, 0.3) is 0 Å². The molecule has 0 bridgehead atoms. The second-order valence-electron chi connectivity index (χ2n) is 4.58. The van der Waals surface area contributed by atoms with Crippen LogP contribution < -0.4 is 4.74 Å². The van der Waals surface area contributed by atoms with Gasteiger partial charge in [-0.05, 0) is 27.0 Å². The van der Waals surface area contributed by atoms with Gasteiger partial charge in [-0.1, -0.05) is 23.4 Å². The van der Waals surface area contributed by atoms with E-state index in [9.17, 15) is 0 Å². The summed E-state index contributed by atoms with van der Waals surface area (Å²) in [5.74, 6) is 2.19. The summed E-state index contributed by atoms with van der Waals surface area (Å²) in [6.45, 7) is 4.62. The first-order chi connectivity index (χ1) is 9.11. The highest BCUT2D eigenvalue weighted by atomic mass is 16.5. The summed E-state index contributed by atoms with van der Waals surface area (Å²) in [7, 11) is 3.71. The molecule has 1 heterocycles. The lowest BCUT2D eigenvalue weighted by molar-refractivity contribution is 0.200. The van der Waals surface area contributed by atoms with E-state index in [1.165, 1.54) is 0 Å². The van der Waals surface area contributed by atoms with Gasteiger partial charge in [0.25, 0.3) is 0 Å². The maximum atomic E-state index is 5.36. The standard InChI is InChI=1S/C14H19N3O2/c1-10(14-15-11(2)16-19-14)17(3)9-12-7-5-6-8-13(12)18-4/h5-8,10H,9H2,1-4H3/t10-/m0/s1. The molecule has 0 aliphatic carbocycles. The molecule has 0 saturated heterocycles. The van der Waals surface area contributed by atoms with Crippen LogP contribution in [0.5, 0.6) is 5.75 Å². The molecule has 0 saturated carbocycles. The van der Waals surface area contributed by atoms with Crippen LogP contribution in [0, 0.1) is 6.92 Å². The first-order valence-electron chi connectivity index (χ1n) is 6.24. The van der Waals surface area contributed by atoms with Gasteiger partial charge in [0, 0.05) is 12.1 Å². The van der Waals surface area contributed by atoms with Gasteiger partial charge < -0.3 is 9.26 Å². The highest BCUT2D eigenvalue weighted by Crippen LogP contribution is 2.23. The number of methoxy groups -OCH3 is 1. The minimum absolute atomic E-state index is 0.0612. The molecule has 0 fully saturated rings. The van der Waals surface area contributed by atoms with Crippen LogP contribution in [0.4, 0.5) is 0 Å². The molecule has 1 atom stereocenters. The Balaban J connectivity index is 2.10. The molecule has 0 aliphatic heterocycles. The minimum Gasteiger partial charge on any atom is -0.496 e. The summed E-state index contributed by atoms with van der Waals surface area (Å²) >= 11 is 0. The van der Waals surface area contributed by atoms with Gasteiger partial charge in [0.15, 0.2) is 5.82 Å². The number of ether oxygens (including phenoxy) is 1. The van der Waals surface area contributed by atoms with Gasteiger partial charge in [-0.15, -0.1) is 0 Å². The Morgan fingerprint density at radius 2 is 2.11 bits per heavy atom. The number of aryl methyl sites for hydroxylation is 1. The van der Waals surface area contributed by atoms with E-state index in [1.54, 1.807) is 7.11 Å². The Morgan fingerprint density at radius 1 is 1.37 bits per heavy atom. The molecular weight excluding hydrogens is 242 g/mol. The van der Waals surface area contributed by atoms with E-state index in [0.717, 1.165) is 17.9 Å². The van der Waals surface area contributed by atoms with E-state index < -0.39 is 0 Å². The molecule has 5 nitrogen and oxygen atoms in total. The molecule has 0 amide bonds. The number of rotatable bonds is 5. The normalized spacial score (nSPS) is 12.7. The number of nitrogens with zero attached hydrogens (tertiary/aromatic N) is 3. The number of benzene rings is 1. The highest BCUT2D eigenvalue weighted by Gasteiger charge is 2.18. The summed E-state index contributed by atoms with van der Waals surface area (Å²) in [5.41, 5.74) is 1.13. The zero-order valence-corrected chi connectivity index (χ0v) is 11.8. The molecule has 0 aliphatic rings. The Hall–Kier alpha value is -1.88. The third-order valence-electron chi connectivity index (χ3n) is 3.17. The Morgan fingerprint density at radius 3 is 2.74 bits per heavy atom. The topological polar surface area (TPSA) is 51.4 Å². The molecule has 0 radical (unpaired) electrons. The van der Waals surface area contributed by atoms with Crippen LogP contribution in [0.2, 0.25) is 0 Å². The van der Waals surface area contributed by atoms with Crippen LogP contribution in [0.15, 0.2) is 28.8 Å². The second kappa shape index (κ2) is 5.84. The molecule has 0 N–H and O–H groups in total. The second-order valence-corrected chi connectivity index (χ2v) is 4.58. The van der Waals surface area contributed by atoms with E-state index in [2.05, 4.69) is 21.1 Å². The van der Waals surface area contributed by atoms with Crippen molar-refractivity contribution in [2.24, 2.45) is 0 Å².